The summed E-state index contributed by atoms with van der Waals surface area (Å²) in [6, 6.07) is 22.3. The average molecular weight is 468 g/mol. The minimum atomic E-state index is -1.20. The number of amides is 2. The van der Waals surface area contributed by atoms with Crippen molar-refractivity contribution < 1.29 is 19.5 Å². The third-order valence-corrected chi connectivity index (χ3v) is 5.62. The molecule has 4 rings (SSSR count). The molecule has 176 valence electrons. The molecular formula is C28H25N3O4. The summed E-state index contributed by atoms with van der Waals surface area (Å²) < 4.78 is 0. The minimum absolute atomic E-state index is 0.0483. The number of hydrogen-bond acceptors (Lipinski definition) is 3. The fourth-order valence-corrected chi connectivity index (χ4v) is 3.73. The highest BCUT2D eigenvalue weighted by Crippen LogP contribution is 2.19. The van der Waals surface area contributed by atoms with E-state index < -0.39 is 23.8 Å². The molecule has 4 N–H and O–H groups in total. The number of para-hydroxylation sites is 1. The van der Waals surface area contributed by atoms with E-state index in [2.05, 4.69) is 15.6 Å². The van der Waals surface area contributed by atoms with Crippen LogP contribution in [0.3, 0.4) is 0 Å². The Morgan fingerprint density at radius 2 is 1.63 bits per heavy atom. The third-order valence-electron chi connectivity index (χ3n) is 5.62. The Labute approximate surface area is 202 Å². The van der Waals surface area contributed by atoms with Gasteiger partial charge >= 0.3 is 5.97 Å². The second kappa shape index (κ2) is 10.5. The normalized spacial score (nSPS) is 12.2. The van der Waals surface area contributed by atoms with Gasteiger partial charge in [0.05, 0.1) is 0 Å². The van der Waals surface area contributed by atoms with Gasteiger partial charge in [-0.1, -0.05) is 66.2 Å². The van der Waals surface area contributed by atoms with Gasteiger partial charge in [0.2, 0.25) is 0 Å². The van der Waals surface area contributed by atoms with Crippen LogP contribution in [0.4, 0.5) is 0 Å². The summed E-state index contributed by atoms with van der Waals surface area (Å²) in [5.41, 5.74) is 3.72. The molecule has 0 aliphatic carbocycles. The molecule has 4 aromatic rings. The van der Waals surface area contributed by atoms with Gasteiger partial charge in [-0.2, -0.15) is 0 Å². The Kier molecular flexibility index (Phi) is 7.07. The van der Waals surface area contributed by atoms with Crippen LogP contribution in [0, 0.1) is 6.92 Å². The number of aromatic amines is 1. The summed E-state index contributed by atoms with van der Waals surface area (Å²) >= 11 is 0. The molecule has 0 radical (unpaired) electrons. The zero-order chi connectivity index (χ0) is 24.8. The summed E-state index contributed by atoms with van der Waals surface area (Å²) in [7, 11) is 0. The number of carboxylic acid groups (broad SMARTS) is 1. The van der Waals surface area contributed by atoms with Gasteiger partial charge in [-0.3, -0.25) is 9.59 Å². The van der Waals surface area contributed by atoms with Crippen molar-refractivity contribution in [2.75, 3.05) is 0 Å². The molecule has 3 aromatic carbocycles. The zero-order valence-corrected chi connectivity index (χ0v) is 19.1. The second-order valence-corrected chi connectivity index (χ2v) is 8.22. The second-order valence-electron chi connectivity index (χ2n) is 8.22. The smallest absolute Gasteiger partial charge is 0.326 e. The third kappa shape index (κ3) is 5.83. The fourth-order valence-electron chi connectivity index (χ4n) is 3.73. The Balaban J connectivity index is 1.59. The van der Waals surface area contributed by atoms with E-state index in [4.69, 9.17) is 0 Å². The maximum Gasteiger partial charge on any atom is 0.326 e. The zero-order valence-electron chi connectivity index (χ0n) is 19.1. The molecule has 7 heteroatoms. The minimum Gasteiger partial charge on any atom is -0.480 e. The fraction of sp³-hybridized carbons (Fsp3) is 0.107. The summed E-state index contributed by atoms with van der Waals surface area (Å²) in [4.78, 5) is 41.1. The van der Waals surface area contributed by atoms with Crippen LogP contribution in [0.25, 0.3) is 17.0 Å². The average Bonchev–Trinajstić information content (AvgIpc) is 3.27. The molecule has 2 amide bonds. The van der Waals surface area contributed by atoms with Crippen molar-refractivity contribution in [3.05, 3.63) is 113 Å². The Morgan fingerprint density at radius 3 is 2.34 bits per heavy atom. The topological polar surface area (TPSA) is 111 Å². The summed E-state index contributed by atoms with van der Waals surface area (Å²) in [6.07, 6.45) is 3.35. The van der Waals surface area contributed by atoms with Crippen LogP contribution in [0.1, 0.15) is 27.0 Å². The number of aromatic nitrogens is 1. The number of carbonyl (C=O) groups excluding carboxylic acids is 2. The van der Waals surface area contributed by atoms with Gasteiger partial charge in [-0.05, 0) is 42.3 Å². The highest BCUT2D eigenvalue weighted by molar-refractivity contribution is 6.06. The van der Waals surface area contributed by atoms with Crippen LogP contribution in [0.15, 0.2) is 90.8 Å². The van der Waals surface area contributed by atoms with Crippen LogP contribution in [0.5, 0.6) is 0 Å². The number of rotatable bonds is 8. The van der Waals surface area contributed by atoms with E-state index in [9.17, 15) is 19.5 Å². The largest absolute Gasteiger partial charge is 0.480 e. The Hall–Kier alpha value is -4.65. The monoisotopic (exact) mass is 467 g/mol. The van der Waals surface area contributed by atoms with Gasteiger partial charge in [0.1, 0.15) is 11.7 Å². The number of nitrogens with one attached hydrogen (secondary N) is 3. The van der Waals surface area contributed by atoms with E-state index in [1.165, 1.54) is 6.08 Å². The van der Waals surface area contributed by atoms with E-state index in [0.717, 1.165) is 22.0 Å². The van der Waals surface area contributed by atoms with Crippen molar-refractivity contribution in [2.45, 2.75) is 19.4 Å². The van der Waals surface area contributed by atoms with Gasteiger partial charge in [0, 0.05) is 29.1 Å². The van der Waals surface area contributed by atoms with Crippen LogP contribution in [-0.2, 0) is 16.0 Å². The maximum absolute atomic E-state index is 13.2. The maximum atomic E-state index is 13.2. The molecule has 35 heavy (non-hydrogen) atoms. The van der Waals surface area contributed by atoms with Gasteiger partial charge in [-0.15, -0.1) is 0 Å². The SMILES string of the molecule is Cc1ccc(/C=C(\NC(=O)c2ccccc2)C(=O)NC(Cc2c[nH]c3ccccc23)C(=O)O)cc1. The number of hydrogen-bond donors (Lipinski definition) is 4. The number of aliphatic carboxylic acids is 1. The molecule has 0 aliphatic rings. The molecule has 1 atom stereocenters. The lowest BCUT2D eigenvalue weighted by Gasteiger charge is -2.17. The predicted molar refractivity (Wildman–Crippen MR) is 135 cm³/mol. The Morgan fingerprint density at radius 1 is 0.943 bits per heavy atom. The van der Waals surface area contributed by atoms with E-state index in [1.54, 1.807) is 36.5 Å². The predicted octanol–water partition coefficient (Wildman–Crippen LogP) is 4.06. The number of aryl methyl sites for hydroxylation is 1. The number of carboxylic acids is 1. The molecule has 0 bridgehead atoms. The lowest BCUT2D eigenvalue weighted by Crippen LogP contribution is -2.45. The molecule has 1 heterocycles. The van der Waals surface area contributed by atoms with E-state index in [1.807, 2.05) is 55.5 Å². The first-order valence-corrected chi connectivity index (χ1v) is 11.1. The van der Waals surface area contributed by atoms with E-state index in [0.29, 0.717) is 11.1 Å². The first-order chi connectivity index (χ1) is 16.9. The van der Waals surface area contributed by atoms with Crippen LogP contribution >= 0.6 is 0 Å². The van der Waals surface area contributed by atoms with Crippen LogP contribution in [-0.4, -0.2) is 33.9 Å². The molecule has 0 spiro atoms. The Bertz CT molecular complexity index is 1390. The molecule has 1 unspecified atom stereocenters. The number of carbonyl (C=O) groups is 3. The number of fused-ring (bicyclic) bond motifs is 1. The summed E-state index contributed by atoms with van der Waals surface area (Å²) in [5, 5.41) is 15.9. The van der Waals surface area contributed by atoms with Gasteiger partial charge in [-0.25, -0.2) is 4.79 Å². The highest BCUT2D eigenvalue weighted by Gasteiger charge is 2.24. The standard InChI is InChI=1S/C28H25N3O4/c1-18-11-13-19(14-12-18)15-24(30-26(32)20-7-3-2-4-8-20)27(33)31-25(28(34)35)16-21-17-29-23-10-6-5-9-22(21)23/h2-15,17,25,29H,16H2,1H3,(H,30,32)(H,31,33)(H,34,35)/b24-15-. The van der Waals surface area contributed by atoms with Crippen LogP contribution in [0.2, 0.25) is 0 Å². The number of benzene rings is 3. The highest BCUT2D eigenvalue weighted by atomic mass is 16.4. The molecule has 0 saturated heterocycles. The van der Waals surface area contributed by atoms with Crippen molar-refractivity contribution in [1.29, 1.82) is 0 Å². The van der Waals surface area contributed by atoms with Crippen LogP contribution < -0.4 is 10.6 Å². The number of H-pyrrole nitrogens is 1. The van der Waals surface area contributed by atoms with Gasteiger partial charge < -0.3 is 20.7 Å². The lowest BCUT2D eigenvalue weighted by molar-refractivity contribution is -0.141. The van der Waals surface area contributed by atoms with Crippen molar-refractivity contribution >= 4 is 34.8 Å². The van der Waals surface area contributed by atoms with E-state index >= 15 is 0 Å². The first kappa shape index (κ1) is 23.5. The van der Waals surface area contributed by atoms with Crippen molar-refractivity contribution in [3.63, 3.8) is 0 Å². The summed E-state index contributed by atoms with van der Waals surface area (Å²) in [5.74, 6) is -2.34. The van der Waals surface area contributed by atoms with Crippen molar-refractivity contribution in [2.24, 2.45) is 0 Å². The quantitative estimate of drug-likeness (QED) is 0.293. The van der Waals surface area contributed by atoms with Crippen molar-refractivity contribution in [3.8, 4) is 0 Å². The molecule has 0 saturated carbocycles. The molecule has 7 nitrogen and oxygen atoms in total. The summed E-state index contributed by atoms with van der Waals surface area (Å²) in [6.45, 7) is 1.94. The molecular weight excluding hydrogens is 442 g/mol. The molecule has 0 aliphatic heterocycles. The van der Waals surface area contributed by atoms with Gasteiger partial charge in [0.25, 0.3) is 11.8 Å². The lowest BCUT2D eigenvalue weighted by atomic mass is 10.0. The van der Waals surface area contributed by atoms with Gasteiger partial charge in [0.15, 0.2) is 0 Å². The molecule has 0 fully saturated rings. The molecule has 1 aromatic heterocycles. The van der Waals surface area contributed by atoms with Crippen molar-refractivity contribution in [1.82, 2.24) is 15.6 Å². The first-order valence-electron chi connectivity index (χ1n) is 11.1. The van der Waals surface area contributed by atoms with E-state index in [-0.39, 0.29) is 12.1 Å².